The van der Waals surface area contributed by atoms with Crippen LogP contribution in [-0.2, 0) is 5.41 Å². The maximum atomic E-state index is 6.24. The summed E-state index contributed by atoms with van der Waals surface area (Å²) in [4.78, 5) is 8.99. The predicted octanol–water partition coefficient (Wildman–Crippen LogP) is 5.74. The zero-order chi connectivity index (χ0) is 15.8. The van der Waals surface area contributed by atoms with Gasteiger partial charge in [-0.15, -0.1) is 0 Å². The van der Waals surface area contributed by atoms with Gasteiger partial charge in [-0.05, 0) is 47.7 Å². The van der Waals surface area contributed by atoms with Crippen LogP contribution in [0.4, 0.5) is 11.5 Å². The third-order valence-electron chi connectivity index (χ3n) is 2.94. The van der Waals surface area contributed by atoms with Crippen LogP contribution >= 0.6 is 45.8 Å². The number of hydrogen-bond acceptors (Lipinski definition) is 3. The molecule has 0 radical (unpaired) electrons. The fourth-order valence-electron chi connectivity index (χ4n) is 1.66. The van der Waals surface area contributed by atoms with Gasteiger partial charge in [0.25, 0.3) is 0 Å². The number of halogens is 3. The lowest BCUT2D eigenvalue weighted by atomic mass is 9.95. The minimum atomic E-state index is -0.166. The molecule has 2 aromatic rings. The topological polar surface area (TPSA) is 37.8 Å². The van der Waals surface area contributed by atoms with Gasteiger partial charge in [0.1, 0.15) is 16.8 Å². The molecule has 0 amide bonds. The Balaban J connectivity index is 2.46. The van der Waals surface area contributed by atoms with Crippen LogP contribution in [0.15, 0.2) is 18.2 Å². The fraction of sp³-hybridized carbons (Fsp3) is 0.333. The van der Waals surface area contributed by atoms with Gasteiger partial charge in [-0.2, -0.15) is 0 Å². The van der Waals surface area contributed by atoms with Crippen LogP contribution in [0.3, 0.4) is 0 Å². The highest BCUT2D eigenvalue weighted by Gasteiger charge is 2.21. The zero-order valence-corrected chi connectivity index (χ0v) is 15.9. The first kappa shape index (κ1) is 16.8. The van der Waals surface area contributed by atoms with E-state index in [9.17, 15) is 0 Å². The minimum absolute atomic E-state index is 0.166. The molecular weight excluding hydrogens is 420 g/mol. The molecule has 1 aromatic heterocycles. The van der Waals surface area contributed by atoms with E-state index in [-0.39, 0.29) is 5.41 Å². The summed E-state index contributed by atoms with van der Waals surface area (Å²) in [6.45, 7) is 8.08. The summed E-state index contributed by atoms with van der Waals surface area (Å²) in [6.07, 6.45) is 0. The Morgan fingerprint density at radius 3 is 2.38 bits per heavy atom. The Hall–Kier alpha value is -0.590. The summed E-state index contributed by atoms with van der Waals surface area (Å²) in [5, 5.41) is 4.50. The van der Waals surface area contributed by atoms with Crippen LogP contribution < -0.4 is 5.32 Å². The number of aromatic nitrogens is 2. The molecule has 0 unspecified atom stereocenters. The molecule has 21 heavy (non-hydrogen) atoms. The molecule has 6 heteroatoms. The second kappa shape index (κ2) is 6.26. The van der Waals surface area contributed by atoms with E-state index in [1.165, 1.54) is 0 Å². The van der Waals surface area contributed by atoms with E-state index >= 15 is 0 Å². The largest absolute Gasteiger partial charge is 0.339 e. The van der Waals surface area contributed by atoms with E-state index in [1.54, 1.807) is 0 Å². The Kier molecular flexibility index (Phi) is 5.00. The molecule has 0 spiro atoms. The zero-order valence-electron chi connectivity index (χ0n) is 12.3. The van der Waals surface area contributed by atoms with Crippen LogP contribution in [0.5, 0.6) is 0 Å². The molecule has 1 N–H and O–H groups in total. The molecule has 112 valence electrons. The van der Waals surface area contributed by atoms with Crippen molar-refractivity contribution >= 4 is 57.3 Å². The Bertz CT molecular complexity index is 681. The summed E-state index contributed by atoms with van der Waals surface area (Å²) in [5.74, 6) is 1.43. The number of benzene rings is 1. The minimum Gasteiger partial charge on any atom is -0.339 e. The van der Waals surface area contributed by atoms with Crippen molar-refractivity contribution < 1.29 is 0 Å². The van der Waals surface area contributed by atoms with Crippen molar-refractivity contribution in [1.82, 2.24) is 9.97 Å². The molecule has 0 saturated carbocycles. The summed E-state index contributed by atoms with van der Waals surface area (Å²) < 4.78 is 1.02. The second-order valence-electron chi connectivity index (χ2n) is 5.81. The van der Waals surface area contributed by atoms with Gasteiger partial charge in [-0.3, -0.25) is 0 Å². The van der Waals surface area contributed by atoms with E-state index in [1.807, 2.05) is 25.1 Å². The second-order valence-corrected chi connectivity index (χ2v) is 7.77. The fourth-order valence-corrected chi connectivity index (χ4v) is 2.84. The van der Waals surface area contributed by atoms with E-state index in [4.69, 9.17) is 23.2 Å². The normalized spacial score (nSPS) is 11.6. The number of nitrogens with one attached hydrogen (secondary N) is 1. The van der Waals surface area contributed by atoms with Crippen LogP contribution in [-0.4, -0.2) is 9.97 Å². The van der Waals surface area contributed by atoms with Gasteiger partial charge in [0.15, 0.2) is 0 Å². The highest BCUT2D eigenvalue weighted by Crippen LogP contribution is 2.30. The first-order valence-electron chi connectivity index (χ1n) is 6.45. The summed E-state index contributed by atoms with van der Waals surface area (Å²) in [5.41, 5.74) is 1.61. The number of anilines is 2. The molecule has 0 saturated heterocycles. The van der Waals surface area contributed by atoms with Gasteiger partial charge in [-0.1, -0.05) is 44.0 Å². The first-order valence-corrected chi connectivity index (χ1v) is 8.28. The van der Waals surface area contributed by atoms with Crippen molar-refractivity contribution in [3.8, 4) is 0 Å². The lowest BCUT2D eigenvalue weighted by Gasteiger charge is -2.19. The summed E-state index contributed by atoms with van der Waals surface area (Å²) in [6, 6.07) is 5.67. The molecule has 1 heterocycles. The standard InChI is InChI=1S/C15H16Cl2IN3/c1-8-12(17)20-14(15(2,3)4)21-13(8)19-11-6-5-9(16)7-10(11)18/h5-7H,1-4H3,(H,19,20,21). The van der Waals surface area contributed by atoms with Crippen molar-refractivity contribution in [2.75, 3.05) is 5.32 Å². The highest BCUT2D eigenvalue weighted by atomic mass is 127. The van der Waals surface area contributed by atoms with Gasteiger partial charge in [0.05, 0.1) is 5.69 Å². The predicted molar refractivity (Wildman–Crippen MR) is 97.9 cm³/mol. The van der Waals surface area contributed by atoms with Crippen LogP contribution in [0, 0.1) is 10.5 Å². The third kappa shape index (κ3) is 3.99. The lowest BCUT2D eigenvalue weighted by molar-refractivity contribution is 0.545. The Morgan fingerprint density at radius 2 is 1.81 bits per heavy atom. The quantitative estimate of drug-likeness (QED) is 0.482. The Labute approximate surface area is 148 Å². The highest BCUT2D eigenvalue weighted by molar-refractivity contribution is 14.1. The Morgan fingerprint density at radius 1 is 1.14 bits per heavy atom. The van der Waals surface area contributed by atoms with Crippen molar-refractivity contribution in [3.63, 3.8) is 0 Å². The molecule has 0 bridgehead atoms. The van der Waals surface area contributed by atoms with E-state index in [0.717, 1.165) is 20.6 Å². The SMILES string of the molecule is Cc1c(Cl)nc(C(C)(C)C)nc1Nc1ccc(Cl)cc1I. The van der Waals surface area contributed by atoms with Crippen molar-refractivity contribution in [3.05, 3.63) is 43.3 Å². The first-order chi connectivity index (χ1) is 9.68. The van der Waals surface area contributed by atoms with Crippen molar-refractivity contribution in [2.45, 2.75) is 33.1 Å². The average molecular weight is 436 g/mol. The maximum Gasteiger partial charge on any atom is 0.138 e. The number of nitrogens with zero attached hydrogens (tertiary/aromatic N) is 2. The molecule has 2 rings (SSSR count). The average Bonchev–Trinajstić information content (AvgIpc) is 2.36. The monoisotopic (exact) mass is 435 g/mol. The molecule has 0 atom stereocenters. The van der Waals surface area contributed by atoms with E-state index < -0.39 is 0 Å². The van der Waals surface area contributed by atoms with E-state index in [2.05, 4.69) is 58.6 Å². The van der Waals surface area contributed by atoms with Gasteiger partial charge < -0.3 is 5.32 Å². The lowest BCUT2D eigenvalue weighted by Crippen LogP contribution is -2.17. The molecule has 1 aromatic carbocycles. The molecule has 0 aliphatic rings. The van der Waals surface area contributed by atoms with E-state index in [0.29, 0.717) is 16.0 Å². The smallest absolute Gasteiger partial charge is 0.138 e. The van der Waals surface area contributed by atoms with Gasteiger partial charge in [-0.25, -0.2) is 9.97 Å². The molecule has 0 aliphatic carbocycles. The van der Waals surface area contributed by atoms with Crippen molar-refractivity contribution in [2.24, 2.45) is 0 Å². The van der Waals surface area contributed by atoms with Crippen LogP contribution in [0.1, 0.15) is 32.2 Å². The van der Waals surface area contributed by atoms with Gasteiger partial charge >= 0.3 is 0 Å². The maximum absolute atomic E-state index is 6.24. The molecule has 0 aliphatic heterocycles. The molecule has 3 nitrogen and oxygen atoms in total. The van der Waals surface area contributed by atoms with Gasteiger partial charge in [0.2, 0.25) is 0 Å². The van der Waals surface area contributed by atoms with Crippen LogP contribution in [0.25, 0.3) is 0 Å². The molecule has 0 fully saturated rings. The van der Waals surface area contributed by atoms with Gasteiger partial charge in [0, 0.05) is 19.6 Å². The number of hydrogen-bond donors (Lipinski definition) is 1. The summed E-state index contributed by atoms with van der Waals surface area (Å²) >= 11 is 14.5. The van der Waals surface area contributed by atoms with Crippen LogP contribution in [0.2, 0.25) is 10.2 Å². The summed E-state index contributed by atoms with van der Waals surface area (Å²) in [7, 11) is 0. The van der Waals surface area contributed by atoms with Crippen molar-refractivity contribution in [1.29, 1.82) is 0 Å². The third-order valence-corrected chi connectivity index (χ3v) is 4.44. The molecular formula is C15H16Cl2IN3. The number of rotatable bonds is 2.